The Bertz CT molecular complexity index is 1580. The molecule has 218 valence electrons. The van der Waals surface area contributed by atoms with Crippen LogP contribution in [0.4, 0.5) is 22.7 Å². The van der Waals surface area contributed by atoms with Crippen molar-refractivity contribution in [2.45, 2.75) is 33.1 Å². The maximum absolute atomic E-state index is 13.4. The highest BCUT2D eigenvalue weighted by molar-refractivity contribution is 7.92. The lowest BCUT2D eigenvalue weighted by molar-refractivity contribution is -0.112. The highest BCUT2D eigenvalue weighted by atomic mass is 32.2. The Morgan fingerprint density at radius 2 is 1.61 bits per heavy atom. The van der Waals surface area contributed by atoms with Crippen LogP contribution in [0.3, 0.4) is 0 Å². The molecule has 0 aliphatic rings. The van der Waals surface area contributed by atoms with Gasteiger partial charge in [0.2, 0.25) is 10.0 Å². The van der Waals surface area contributed by atoms with Crippen LogP contribution in [0.1, 0.15) is 42.3 Å². The summed E-state index contributed by atoms with van der Waals surface area (Å²) in [5.41, 5.74) is 8.71. The van der Waals surface area contributed by atoms with E-state index in [1.807, 2.05) is 26.8 Å². The number of nitrogens with zero attached hydrogens (tertiary/aromatic N) is 1. The molecule has 0 unspecified atom stereocenters. The van der Waals surface area contributed by atoms with Crippen LogP contribution in [-0.2, 0) is 20.2 Å². The maximum atomic E-state index is 13.4. The average Bonchev–Trinajstić information content (AvgIpc) is 2.87. The van der Waals surface area contributed by atoms with Crippen LogP contribution in [0, 0.1) is 6.92 Å². The maximum Gasteiger partial charge on any atom is 0.273 e. The number of hydrazine groups is 1. The van der Waals surface area contributed by atoms with Crippen molar-refractivity contribution in [3.05, 3.63) is 89.3 Å². The molecule has 7 N–H and O–H groups in total. The number of hydrogen-bond acceptors (Lipinski definition) is 8. The van der Waals surface area contributed by atoms with Gasteiger partial charge in [-0.15, -0.1) is 0 Å². The van der Waals surface area contributed by atoms with Crippen molar-refractivity contribution in [2.24, 2.45) is 11.6 Å². The summed E-state index contributed by atoms with van der Waals surface area (Å²) in [6.07, 6.45) is 2.30. The van der Waals surface area contributed by atoms with E-state index >= 15 is 0 Å². The van der Waals surface area contributed by atoms with Crippen LogP contribution in [0.2, 0.25) is 0 Å². The van der Waals surface area contributed by atoms with Crippen molar-refractivity contribution >= 4 is 44.6 Å². The molecule has 3 rings (SSSR count). The quantitative estimate of drug-likeness (QED) is 0.143. The van der Waals surface area contributed by atoms with Crippen LogP contribution in [0.15, 0.2) is 72.6 Å². The van der Waals surface area contributed by atoms with Gasteiger partial charge < -0.3 is 21.1 Å². The van der Waals surface area contributed by atoms with Gasteiger partial charge >= 0.3 is 0 Å². The molecule has 12 heteroatoms. The van der Waals surface area contributed by atoms with E-state index in [1.54, 1.807) is 61.5 Å². The molecule has 0 fully saturated rings. The molecule has 0 heterocycles. The Morgan fingerprint density at radius 1 is 0.976 bits per heavy atom. The fourth-order valence-corrected chi connectivity index (χ4v) is 4.43. The first-order valence-electron chi connectivity index (χ1n) is 12.6. The Labute approximate surface area is 240 Å². The van der Waals surface area contributed by atoms with E-state index in [0.717, 1.165) is 17.4 Å². The third-order valence-corrected chi connectivity index (χ3v) is 6.61. The molecule has 0 aromatic heterocycles. The number of sulfonamides is 1. The molecule has 0 bridgehead atoms. The summed E-state index contributed by atoms with van der Waals surface area (Å²) in [5.74, 6) is 5.35. The second-order valence-electron chi connectivity index (χ2n) is 10.5. The Hall–Kier alpha value is -4.55. The number of rotatable bonds is 9. The molecule has 2 amide bonds. The van der Waals surface area contributed by atoms with E-state index in [0.29, 0.717) is 11.4 Å². The normalized spacial score (nSPS) is 11.9. The number of benzene rings is 3. The van der Waals surface area contributed by atoms with Gasteiger partial charge in [0.1, 0.15) is 5.70 Å². The Kier molecular flexibility index (Phi) is 9.31. The smallest absolute Gasteiger partial charge is 0.273 e. The zero-order chi connectivity index (χ0) is 30.5. The molecule has 41 heavy (non-hydrogen) atoms. The van der Waals surface area contributed by atoms with Crippen molar-refractivity contribution in [3.8, 4) is 5.75 Å². The third-order valence-electron chi connectivity index (χ3n) is 6.02. The lowest BCUT2D eigenvalue weighted by Crippen LogP contribution is -2.30. The van der Waals surface area contributed by atoms with Crippen LogP contribution in [-0.4, -0.2) is 33.6 Å². The van der Waals surface area contributed by atoms with Gasteiger partial charge in [-0.3, -0.25) is 19.3 Å². The number of methoxy groups -OCH3 is 1. The molecule has 0 aliphatic heterocycles. The lowest BCUT2D eigenvalue weighted by atomic mass is 9.86. The Morgan fingerprint density at radius 3 is 2.20 bits per heavy atom. The molecular weight excluding hydrogens is 544 g/mol. The van der Waals surface area contributed by atoms with Gasteiger partial charge in [0.05, 0.1) is 30.4 Å². The van der Waals surface area contributed by atoms with Gasteiger partial charge in [0, 0.05) is 17.5 Å². The fourth-order valence-electron chi connectivity index (χ4n) is 3.88. The van der Waals surface area contributed by atoms with Crippen LogP contribution in [0.5, 0.6) is 5.75 Å². The highest BCUT2D eigenvalue weighted by Crippen LogP contribution is 2.39. The van der Waals surface area contributed by atoms with Gasteiger partial charge in [-0.05, 0) is 59.9 Å². The second kappa shape index (κ2) is 12.3. The summed E-state index contributed by atoms with van der Waals surface area (Å²) >= 11 is 0. The first-order chi connectivity index (χ1) is 19.1. The summed E-state index contributed by atoms with van der Waals surface area (Å²) in [6, 6.07) is 17.1. The molecule has 0 saturated carbocycles. The molecule has 0 atom stereocenters. The minimum Gasteiger partial charge on any atom is -0.492 e. The van der Waals surface area contributed by atoms with E-state index in [1.165, 1.54) is 18.3 Å². The SMILES string of the molecule is COc1c(NC(=O)c2ccc(C)c(N(N)/C=C(\N)C(=O)Nc3ccccc3)c2)cc(C(C)(C)C)cc1NS(C)(=O)=O. The van der Waals surface area contributed by atoms with Crippen LogP contribution < -0.4 is 36.7 Å². The highest BCUT2D eigenvalue weighted by Gasteiger charge is 2.23. The number of aryl methyl sites for hydroxylation is 1. The number of para-hydroxylation sites is 1. The predicted octanol–water partition coefficient (Wildman–Crippen LogP) is 4.04. The van der Waals surface area contributed by atoms with E-state index in [4.69, 9.17) is 16.3 Å². The number of nitrogens with one attached hydrogen (secondary N) is 3. The van der Waals surface area contributed by atoms with Crippen molar-refractivity contribution in [2.75, 3.05) is 33.7 Å². The number of ether oxygens (including phenoxy) is 1. The Balaban J connectivity index is 1.92. The number of nitrogens with two attached hydrogens (primary N) is 2. The minimum atomic E-state index is -3.63. The van der Waals surface area contributed by atoms with E-state index < -0.39 is 21.8 Å². The standard InChI is InChI=1S/C29H36N6O5S/c1-18-12-13-19(14-25(18)35(31)17-22(30)28(37)32-21-10-8-7-9-11-21)27(36)33-23-15-20(29(2,3)4)16-24(26(23)40-5)34-41(6,38)39/h7-17,34H,30-31H2,1-6H3,(H,32,37)(H,33,36)/b22-17-. The number of amides is 2. The average molecular weight is 581 g/mol. The first-order valence-corrected chi connectivity index (χ1v) is 14.5. The van der Waals surface area contributed by atoms with Crippen molar-refractivity contribution in [1.29, 1.82) is 0 Å². The van der Waals surface area contributed by atoms with Gasteiger partial charge in [0.15, 0.2) is 5.75 Å². The van der Waals surface area contributed by atoms with Crippen LogP contribution in [0.25, 0.3) is 0 Å². The lowest BCUT2D eigenvalue weighted by Gasteiger charge is -2.24. The van der Waals surface area contributed by atoms with Crippen LogP contribution >= 0.6 is 0 Å². The van der Waals surface area contributed by atoms with Crippen molar-refractivity contribution < 1.29 is 22.7 Å². The van der Waals surface area contributed by atoms with E-state index in [-0.39, 0.29) is 33.8 Å². The number of carbonyl (C=O) groups is 2. The zero-order valence-corrected chi connectivity index (χ0v) is 24.7. The molecule has 0 saturated heterocycles. The molecule has 3 aromatic rings. The fraction of sp³-hybridized carbons (Fsp3) is 0.241. The summed E-state index contributed by atoms with van der Waals surface area (Å²) in [6.45, 7) is 7.69. The first kappa shape index (κ1) is 31.0. The van der Waals surface area contributed by atoms with Gasteiger partial charge in [-0.25, -0.2) is 14.3 Å². The molecule has 0 radical (unpaired) electrons. The molecule has 3 aromatic carbocycles. The van der Waals surface area contributed by atoms with Gasteiger partial charge in [0.25, 0.3) is 11.8 Å². The summed E-state index contributed by atoms with van der Waals surface area (Å²) in [5, 5.41) is 6.67. The summed E-state index contributed by atoms with van der Waals surface area (Å²) < 4.78 is 32.0. The third kappa shape index (κ3) is 8.22. The minimum absolute atomic E-state index is 0.139. The molecule has 11 nitrogen and oxygen atoms in total. The monoisotopic (exact) mass is 580 g/mol. The summed E-state index contributed by atoms with van der Waals surface area (Å²) in [7, 11) is -2.24. The topological polar surface area (TPSA) is 169 Å². The van der Waals surface area contributed by atoms with Crippen molar-refractivity contribution in [1.82, 2.24) is 0 Å². The zero-order valence-electron chi connectivity index (χ0n) is 23.9. The van der Waals surface area contributed by atoms with Gasteiger partial charge in [-0.2, -0.15) is 0 Å². The predicted molar refractivity (Wildman–Crippen MR) is 163 cm³/mol. The second-order valence-corrected chi connectivity index (χ2v) is 12.2. The van der Waals surface area contributed by atoms with Gasteiger partial charge in [-0.1, -0.05) is 45.0 Å². The number of hydrogen-bond donors (Lipinski definition) is 5. The van der Waals surface area contributed by atoms with E-state index in [2.05, 4.69) is 15.4 Å². The van der Waals surface area contributed by atoms with E-state index in [9.17, 15) is 18.0 Å². The largest absolute Gasteiger partial charge is 0.492 e. The molecular formula is C29H36N6O5S. The van der Waals surface area contributed by atoms with Crippen molar-refractivity contribution in [3.63, 3.8) is 0 Å². The summed E-state index contributed by atoms with van der Waals surface area (Å²) in [4.78, 5) is 25.9. The number of anilines is 4. The number of carbonyl (C=O) groups excluding carboxylic acids is 2. The molecule has 0 spiro atoms. The molecule has 0 aliphatic carbocycles.